The number of aromatic nitrogens is 2. The largest absolute Gasteiger partial charge is 0.468 e. The van der Waals surface area contributed by atoms with E-state index in [0.29, 0.717) is 6.54 Å². The number of nitrogens with zero attached hydrogens (tertiary/aromatic N) is 3. The van der Waals surface area contributed by atoms with Crippen molar-refractivity contribution >= 4 is 16.0 Å². The Hall–Kier alpha value is -2.97. The van der Waals surface area contributed by atoms with E-state index in [1.165, 1.54) is 23.5 Å². The second kappa shape index (κ2) is 7.81. The molecule has 0 saturated carbocycles. The van der Waals surface area contributed by atoms with Crippen LogP contribution in [0.4, 0.5) is 0 Å². The zero-order valence-corrected chi connectivity index (χ0v) is 16.7. The molecular formula is C21H21N3O4S. The summed E-state index contributed by atoms with van der Waals surface area (Å²) in [6.07, 6.45) is 1.88. The summed E-state index contributed by atoms with van der Waals surface area (Å²) in [5, 5.41) is 0. The van der Waals surface area contributed by atoms with Crippen molar-refractivity contribution in [3.8, 4) is 0 Å². The third kappa shape index (κ3) is 3.68. The van der Waals surface area contributed by atoms with Crippen molar-refractivity contribution in [1.82, 2.24) is 13.9 Å². The van der Waals surface area contributed by atoms with Gasteiger partial charge < -0.3 is 9.30 Å². The Morgan fingerprint density at radius 3 is 2.41 bits per heavy atom. The first kappa shape index (κ1) is 19.4. The second-order valence-electron chi connectivity index (χ2n) is 6.86. The molecule has 3 aromatic rings. The van der Waals surface area contributed by atoms with Crippen molar-refractivity contribution < 1.29 is 17.9 Å². The fraction of sp³-hybridized carbons (Fsp3) is 0.238. The number of hydrogen-bond acceptors (Lipinski definition) is 5. The van der Waals surface area contributed by atoms with E-state index in [-0.39, 0.29) is 17.9 Å². The molecule has 0 amide bonds. The summed E-state index contributed by atoms with van der Waals surface area (Å²) in [7, 11) is -2.62. The Bertz CT molecular complexity index is 1110. The molecule has 0 saturated heterocycles. The Morgan fingerprint density at radius 1 is 1.10 bits per heavy atom. The van der Waals surface area contributed by atoms with Gasteiger partial charge in [0.2, 0.25) is 10.0 Å². The molecule has 1 aromatic heterocycles. The topological polar surface area (TPSA) is 81.5 Å². The van der Waals surface area contributed by atoms with Gasteiger partial charge in [-0.3, -0.25) is 4.79 Å². The average Bonchev–Trinajstić information content (AvgIpc) is 3.15. The molecule has 0 radical (unpaired) electrons. The van der Waals surface area contributed by atoms with Gasteiger partial charge in [-0.25, -0.2) is 13.4 Å². The lowest BCUT2D eigenvalue weighted by atomic mass is 10.1. The minimum Gasteiger partial charge on any atom is -0.468 e. The van der Waals surface area contributed by atoms with Gasteiger partial charge in [0.15, 0.2) is 0 Å². The first-order chi connectivity index (χ1) is 14.0. The minimum absolute atomic E-state index is 0.0547. The Labute approximate surface area is 169 Å². The number of rotatable bonds is 5. The molecule has 2 heterocycles. The monoisotopic (exact) mass is 411 g/mol. The van der Waals surface area contributed by atoms with Crippen LogP contribution in [0.15, 0.2) is 71.9 Å². The van der Waals surface area contributed by atoms with E-state index in [9.17, 15) is 13.2 Å². The Kier molecular flexibility index (Phi) is 5.21. The van der Waals surface area contributed by atoms with Crippen molar-refractivity contribution in [1.29, 1.82) is 0 Å². The van der Waals surface area contributed by atoms with Gasteiger partial charge in [-0.05, 0) is 17.7 Å². The zero-order valence-electron chi connectivity index (χ0n) is 15.9. The smallest absolute Gasteiger partial charge is 0.324 e. The second-order valence-corrected chi connectivity index (χ2v) is 8.75. The van der Waals surface area contributed by atoms with Crippen LogP contribution < -0.4 is 0 Å². The van der Waals surface area contributed by atoms with Gasteiger partial charge in [-0.2, -0.15) is 4.31 Å². The summed E-state index contributed by atoms with van der Waals surface area (Å²) >= 11 is 0. The number of fused-ring (bicyclic) bond motifs is 1. The molecule has 4 rings (SSSR count). The number of esters is 1. The average molecular weight is 411 g/mol. The van der Waals surface area contributed by atoms with Crippen LogP contribution in [0.3, 0.4) is 0 Å². The van der Waals surface area contributed by atoms with Crippen LogP contribution >= 0.6 is 0 Å². The van der Waals surface area contributed by atoms with Gasteiger partial charge in [0.05, 0.1) is 36.3 Å². The Balaban J connectivity index is 1.73. The van der Waals surface area contributed by atoms with E-state index in [0.717, 1.165) is 17.0 Å². The highest BCUT2D eigenvalue weighted by atomic mass is 32.2. The molecule has 0 spiro atoms. The quantitative estimate of drug-likeness (QED) is 0.602. The summed E-state index contributed by atoms with van der Waals surface area (Å²) in [5.74, 6) is -0.590. The first-order valence-corrected chi connectivity index (χ1v) is 10.7. The summed E-state index contributed by atoms with van der Waals surface area (Å²) in [5.41, 5.74) is 2.59. The normalized spacial score (nSPS) is 16.9. The predicted octanol–water partition coefficient (Wildman–Crippen LogP) is 2.22. The molecule has 2 aromatic carbocycles. The van der Waals surface area contributed by atoms with E-state index >= 15 is 0 Å². The summed E-state index contributed by atoms with van der Waals surface area (Å²) in [6.45, 7) is 0.629. The highest BCUT2D eigenvalue weighted by Gasteiger charge is 2.42. The molecule has 0 bridgehead atoms. The maximum absolute atomic E-state index is 13.3. The lowest BCUT2D eigenvalue weighted by Gasteiger charge is -2.33. The number of methoxy groups -OCH3 is 1. The minimum atomic E-state index is -3.89. The van der Waals surface area contributed by atoms with E-state index in [4.69, 9.17) is 4.74 Å². The van der Waals surface area contributed by atoms with Gasteiger partial charge in [0, 0.05) is 13.0 Å². The number of carbonyl (C=O) groups is 1. The van der Waals surface area contributed by atoms with Crippen molar-refractivity contribution in [2.75, 3.05) is 7.11 Å². The highest BCUT2D eigenvalue weighted by Crippen LogP contribution is 2.29. The van der Waals surface area contributed by atoms with E-state index in [1.54, 1.807) is 24.5 Å². The van der Waals surface area contributed by atoms with Crippen LogP contribution in [0.25, 0.3) is 0 Å². The number of benzene rings is 2. The van der Waals surface area contributed by atoms with E-state index in [1.807, 2.05) is 34.9 Å². The van der Waals surface area contributed by atoms with Crippen LogP contribution in [0.5, 0.6) is 0 Å². The van der Waals surface area contributed by atoms with E-state index in [2.05, 4.69) is 4.98 Å². The lowest BCUT2D eigenvalue weighted by molar-refractivity contribution is -0.145. The molecule has 0 fully saturated rings. The molecule has 29 heavy (non-hydrogen) atoms. The molecule has 7 nitrogen and oxygen atoms in total. The van der Waals surface area contributed by atoms with Gasteiger partial charge in [-0.15, -0.1) is 0 Å². The van der Waals surface area contributed by atoms with Gasteiger partial charge >= 0.3 is 5.97 Å². The van der Waals surface area contributed by atoms with Crippen molar-refractivity contribution in [2.24, 2.45) is 0 Å². The number of hydrogen-bond donors (Lipinski definition) is 0. The number of ether oxygens (including phenoxy) is 1. The Morgan fingerprint density at radius 2 is 1.76 bits per heavy atom. The molecule has 1 aliphatic rings. The van der Waals surface area contributed by atoms with Crippen molar-refractivity contribution in [2.45, 2.75) is 30.4 Å². The molecule has 1 aliphatic heterocycles. The molecule has 1 atom stereocenters. The predicted molar refractivity (Wildman–Crippen MR) is 106 cm³/mol. The van der Waals surface area contributed by atoms with Crippen LogP contribution in [0, 0.1) is 0 Å². The van der Waals surface area contributed by atoms with Crippen LogP contribution in [0.1, 0.15) is 17.0 Å². The summed E-state index contributed by atoms with van der Waals surface area (Å²) in [6, 6.07) is 17.1. The number of sulfonamides is 1. The van der Waals surface area contributed by atoms with Crippen LogP contribution in [0.2, 0.25) is 0 Å². The fourth-order valence-corrected chi connectivity index (χ4v) is 5.14. The number of imidazole rings is 1. The first-order valence-electron chi connectivity index (χ1n) is 9.22. The third-order valence-corrected chi connectivity index (χ3v) is 6.96. The van der Waals surface area contributed by atoms with Gasteiger partial charge in [-0.1, -0.05) is 48.5 Å². The summed E-state index contributed by atoms with van der Waals surface area (Å²) < 4.78 is 34.7. The number of carbonyl (C=O) groups excluding carboxylic acids is 1. The van der Waals surface area contributed by atoms with Crippen LogP contribution in [-0.2, 0) is 39.1 Å². The maximum Gasteiger partial charge on any atom is 0.324 e. The highest BCUT2D eigenvalue weighted by molar-refractivity contribution is 7.89. The molecule has 150 valence electrons. The SMILES string of the molecule is COC(=O)[C@H]1Cc2ncn(Cc3ccccc3)c2CN1S(=O)(=O)c1ccccc1. The van der Waals surface area contributed by atoms with Gasteiger partial charge in [0.25, 0.3) is 0 Å². The lowest BCUT2D eigenvalue weighted by Crippen LogP contribution is -2.49. The molecule has 0 unspecified atom stereocenters. The molecular weight excluding hydrogens is 390 g/mol. The third-order valence-electron chi connectivity index (χ3n) is 5.09. The standard InChI is InChI=1S/C21H21N3O4S/c1-28-21(25)19-12-18-20(23(15-22-18)13-16-8-4-2-5-9-16)14-24(19)29(26,27)17-10-6-3-7-11-17/h2-11,15,19H,12-14H2,1H3/t19-/m1/s1. The van der Waals surface area contributed by atoms with Gasteiger partial charge in [0.1, 0.15) is 6.04 Å². The summed E-state index contributed by atoms with van der Waals surface area (Å²) in [4.78, 5) is 17.0. The van der Waals surface area contributed by atoms with E-state index < -0.39 is 22.0 Å². The zero-order chi connectivity index (χ0) is 20.4. The van der Waals surface area contributed by atoms with Crippen molar-refractivity contribution in [3.05, 3.63) is 83.9 Å². The molecule has 8 heteroatoms. The van der Waals surface area contributed by atoms with Crippen LogP contribution in [-0.4, -0.2) is 41.4 Å². The molecule has 0 N–H and O–H groups in total. The van der Waals surface area contributed by atoms with Crippen molar-refractivity contribution in [3.63, 3.8) is 0 Å². The molecule has 0 aliphatic carbocycles. The fourth-order valence-electron chi connectivity index (χ4n) is 3.58. The maximum atomic E-state index is 13.3.